The normalized spacial score (nSPS) is 11.6. The van der Waals surface area contributed by atoms with Crippen LogP contribution in [0.2, 0.25) is 5.02 Å². The van der Waals surface area contributed by atoms with Crippen molar-refractivity contribution in [3.05, 3.63) is 83.4 Å². The molecule has 0 spiro atoms. The molecule has 0 fully saturated rings. The molecule has 7 nitrogen and oxygen atoms in total. The van der Waals surface area contributed by atoms with Crippen LogP contribution in [0.15, 0.2) is 72.8 Å². The highest BCUT2D eigenvalue weighted by Crippen LogP contribution is 2.24. The number of benzene rings is 3. The zero-order valence-electron chi connectivity index (χ0n) is 19.1. The summed E-state index contributed by atoms with van der Waals surface area (Å²) in [5.74, 6) is -1.60. The van der Waals surface area contributed by atoms with Gasteiger partial charge in [0.05, 0.1) is 10.7 Å². The molecule has 0 aromatic heterocycles. The van der Waals surface area contributed by atoms with Crippen LogP contribution < -0.4 is 10.6 Å². The SMILES string of the molecule is CC(C)[C@@H](C(=O)O)N(C)C(=O)c1ccc(-c2ccc(NC(=O)Nc3ccccc3Cl)cc2)cc1. The topological polar surface area (TPSA) is 98.7 Å². The average Bonchev–Trinajstić information content (AvgIpc) is 2.80. The molecule has 176 valence electrons. The van der Waals surface area contributed by atoms with Gasteiger partial charge in [0, 0.05) is 18.3 Å². The first-order valence-corrected chi connectivity index (χ1v) is 11.1. The van der Waals surface area contributed by atoms with Crippen molar-refractivity contribution in [1.29, 1.82) is 0 Å². The number of carbonyl (C=O) groups is 3. The molecule has 8 heteroatoms. The number of carboxylic acids is 1. The molecule has 0 saturated heterocycles. The van der Waals surface area contributed by atoms with Crippen molar-refractivity contribution in [2.24, 2.45) is 5.92 Å². The molecule has 3 aromatic carbocycles. The number of urea groups is 1. The Bertz CT molecular complexity index is 1180. The van der Waals surface area contributed by atoms with E-state index in [1.165, 1.54) is 11.9 Å². The monoisotopic (exact) mass is 479 g/mol. The predicted molar refractivity (Wildman–Crippen MR) is 134 cm³/mol. The van der Waals surface area contributed by atoms with Gasteiger partial charge in [-0.2, -0.15) is 0 Å². The maximum absolute atomic E-state index is 12.8. The van der Waals surface area contributed by atoms with E-state index in [2.05, 4.69) is 10.6 Å². The van der Waals surface area contributed by atoms with E-state index >= 15 is 0 Å². The van der Waals surface area contributed by atoms with E-state index in [4.69, 9.17) is 11.6 Å². The summed E-state index contributed by atoms with van der Waals surface area (Å²) < 4.78 is 0. The number of rotatable bonds is 7. The Kier molecular flexibility index (Phi) is 7.91. The van der Waals surface area contributed by atoms with Gasteiger partial charge in [0.25, 0.3) is 5.91 Å². The summed E-state index contributed by atoms with van der Waals surface area (Å²) in [7, 11) is 1.50. The highest BCUT2D eigenvalue weighted by molar-refractivity contribution is 6.33. The third kappa shape index (κ3) is 5.94. The van der Waals surface area contributed by atoms with Gasteiger partial charge in [-0.1, -0.05) is 61.8 Å². The number of carboxylic acid groups (broad SMARTS) is 1. The number of hydrogen-bond acceptors (Lipinski definition) is 3. The van der Waals surface area contributed by atoms with Crippen LogP contribution in [0.1, 0.15) is 24.2 Å². The van der Waals surface area contributed by atoms with Crippen molar-refractivity contribution in [3.63, 3.8) is 0 Å². The molecule has 3 N–H and O–H groups in total. The molecular weight excluding hydrogens is 454 g/mol. The second-order valence-corrected chi connectivity index (χ2v) is 8.56. The van der Waals surface area contributed by atoms with Gasteiger partial charge in [-0.15, -0.1) is 0 Å². The lowest BCUT2D eigenvalue weighted by Crippen LogP contribution is -2.45. The molecule has 3 amide bonds. The molecule has 3 aromatic rings. The number of halogens is 1. The Morgan fingerprint density at radius 2 is 1.41 bits per heavy atom. The summed E-state index contributed by atoms with van der Waals surface area (Å²) in [6.07, 6.45) is 0. The summed E-state index contributed by atoms with van der Waals surface area (Å²) in [4.78, 5) is 37.8. The van der Waals surface area contributed by atoms with E-state index in [1.807, 2.05) is 12.1 Å². The Morgan fingerprint density at radius 1 is 0.853 bits per heavy atom. The molecule has 34 heavy (non-hydrogen) atoms. The Hall–Kier alpha value is -3.84. The standard InChI is InChI=1S/C26H26ClN3O4/c1-16(2)23(25(32)33)30(3)24(31)19-10-8-17(9-11-19)18-12-14-20(15-13-18)28-26(34)29-22-7-5-4-6-21(22)27/h4-16,23H,1-3H3,(H,32,33)(H2,28,29,34)/t23-/m0/s1. The van der Waals surface area contributed by atoms with E-state index in [0.29, 0.717) is 22.0 Å². The fourth-order valence-electron chi connectivity index (χ4n) is 3.63. The average molecular weight is 480 g/mol. The van der Waals surface area contributed by atoms with Crippen LogP contribution in [0.3, 0.4) is 0 Å². The maximum atomic E-state index is 12.8. The second kappa shape index (κ2) is 10.9. The van der Waals surface area contributed by atoms with E-state index < -0.39 is 18.0 Å². The summed E-state index contributed by atoms with van der Waals surface area (Å²) >= 11 is 6.06. The molecule has 3 rings (SSSR count). The number of hydrogen-bond donors (Lipinski definition) is 3. The minimum absolute atomic E-state index is 0.218. The number of carbonyl (C=O) groups excluding carboxylic acids is 2. The van der Waals surface area contributed by atoms with E-state index in [9.17, 15) is 19.5 Å². The predicted octanol–water partition coefficient (Wildman–Crippen LogP) is 5.83. The number of likely N-dealkylation sites (N-methyl/N-ethyl adjacent to an activating group) is 1. The number of nitrogens with one attached hydrogen (secondary N) is 2. The van der Waals surface area contributed by atoms with Crippen LogP contribution in [0.25, 0.3) is 11.1 Å². The van der Waals surface area contributed by atoms with Crippen molar-refractivity contribution in [1.82, 2.24) is 4.90 Å². The van der Waals surface area contributed by atoms with Crippen molar-refractivity contribution < 1.29 is 19.5 Å². The molecule has 0 bridgehead atoms. The zero-order chi connectivity index (χ0) is 24.8. The van der Waals surface area contributed by atoms with E-state index in [0.717, 1.165) is 11.1 Å². The van der Waals surface area contributed by atoms with Crippen molar-refractivity contribution in [3.8, 4) is 11.1 Å². The number of para-hydroxylation sites is 1. The molecule has 0 aliphatic carbocycles. The molecule has 0 aliphatic rings. The van der Waals surface area contributed by atoms with Crippen LogP contribution in [0.4, 0.5) is 16.2 Å². The molecule has 0 aliphatic heterocycles. The minimum Gasteiger partial charge on any atom is -0.480 e. The lowest BCUT2D eigenvalue weighted by atomic mass is 10.0. The first kappa shape index (κ1) is 24.8. The summed E-state index contributed by atoms with van der Waals surface area (Å²) in [6.45, 7) is 3.54. The van der Waals surface area contributed by atoms with Crippen LogP contribution >= 0.6 is 11.6 Å². The first-order chi connectivity index (χ1) is 16.2. The molecule has 0 unspecified atom stereocenters. The molecule has 1 atom stereocenters. The second-order valence-electron chi connectivity index (χ2n) is 8.16. The van der Waals surface area contributed by atoms with Crippen molar-refractivity contribution >= 4 is 40.9 Å². The Balaban J connectivity index is 1.66. The Morgan fingerprint density at radius 3 is 1.94 bits per heavy atom. The van der Waals surface area contributed by atoms with Gasteiger partial charge < -0.3 is 20.6 Å². The van der Waals surface area contributed by atoms with Crippen molar-refractivity contribution in [2.75, 3.05) is 17.7 Å². The number of nitrogens with zero attached hydrogens (tertiary/aromatic N) is 1. The van der Waals surface area contributed by atoms with E-state index in [-0.39, 0.29) is 11.8 Å². The largest absolute Gasteiger partial charge is 0.480 e. The molecule has 0 heterocycles. The van der Waals surface area contributed by atoms with Crippen LogP contribution in [0.5, 0.6) is 0 Å². The van der Waals surface area contributed by atoms with Gasteiger partial charge in [-0.3, -0.25) is 4.79 Å². The molecule has 0 radical (unpaired) electrons. The summed E-state index contributed by atoms with van der Waals surface area (Å²) in [6, 6.07) is 19.9. The molecule has 0 saturated carbocycles. The maximum Gasteiger partial charge on any atom is 0.326 e. The van der Waals surface area contributed by atoms with Gasteiger partial charge in [-0.05, 0) is 53.4 Å². The lowest BCUT2D eigenvalue weighted by Gasteiger charge is -2.27. The van der Waals surface area contributed by atoms with Gasteiger partial charge in [-0.25, -0.2) is 9.59 Å². The number of anilines is 2. The zero-order valence-corrected chi connectivity index (χ0v) is 19.8. The fourth-order valence-corrected chi connectivity index (χ4v) is 3.81. The number of aliphatic carboxylic acids is 1. The lowest BCUT2D eigenvalue weighted by molar-refractivity contribution is -0.143. The smallest absolute Gasteiger partial charge is 0.326 e. The van der Waals surface area contributed by atoms with Crippen molar-refractivity contribution in [2.45, 2.75) is 19.9 Å². The quantitative estimate of drug-likeness (QED) is 0.397. The van der Waals surface area contributed by atoms with Gasteiger partial charge in [0.15, 0.2) is 0 Å². The third-order valence-corrected chi connectivity index (χ3v) is 5.68. The fraction of sp³-hybridized carbons (Fsp3) is 0.192. The Labute approximate surface area is 203 Å². The minimum atomic E-state index is -1.03. The highest BCUT2D eigenvalue weighted by Gasteiger charge is 2.30. The van der Waals surface area contributed by atoms with Crippen LogP contribution in [0, 0.1) is 5.92 Å². The first-order valence-electron chi connectivity index (χ1n) is 10.7. The molecular formula is C26H26ClN3O4. The van der Waals surface area contributed by atoms with Gasteiger partial charge >= 0.3 is 12.0 Å². The van der Waals surface area contributed by atoms with Crippen LogP contribution in [-0.4, -0.2) is 41.0 Å². The van der Waals surface area contributed by atoms with E-state index in [1.54, 1.807) is 74.5 Å². The highest BCUT2D eigenvalue weighted by atomic mass is 35.5. The van der Waals surface area contributed by atoms with Gasteiger partial charge in [0.2, 0.25) is 0 Å². The van der Waals surface area contributed by atoms with Crippen LogP contribution in [-0.2, 0) is 4.79 Å². The number of amides is 3. The summed E-state index contributed by atoms with van der Waals surface area (Å²) in [5, 5.41) is 15.3. The van der Waals surface area contributed by atoms with Gasteiger partial charge in [0.1, 0.15) is 6.04 Å². The summed E-state index contributed by atoms with van der Waals surface area (Å²) in [5.41, 5.74) is 3.31. The third-order valence-electron chi connectivity index (χ3n) is 5.35.